The van der Waals surface area contributed by atoms with Crippen molar-refractivity contribution in [3.63, 3.8) is 0 Å². The summed E-state index contributed by atoms with van der Waals surface area (Å²) < 4.78 is 0. The number of hydrogen-bond donors (Lipinski definition) is 4. The number of oxime groups is 1. The zero-order chi connectivity index (χ0) is 11.6. The van der Waals surface area contributed by atoms with Crippen molar-refractivity contribution in [3.05, 3.63) is 12.4 Å². The van der Waals surface area contributed by atoms with Crippen molar-refractivity contribution in [3.8, 4) is 0 Å². The van der Waals surface area contributed by atoms with Gasteiger partial charge in [-0.1, -0.05) is 11.6 Å². The first-order valence-corrected chi connectivity index (χ1v) is 4.97. The number of nitrogens with one attached hydrogen (secondary N) is 2. The van der Waals surface area contributed by atoms with E-state index in [1.54, 1.807) is 6.20 Å². The molecule has 7 heteroatoms. The molecule has 0 spiro atoms. The molecule has 1 amide bonds. The van der Waals surface area contributed by atoms with Crippen molar-refractivity contribution >= 4 is 17.4 Å². The van der Waals surface area contributed by atoms with Crippen molar-refractivity contribution in [1.82, 2.24) is 10.2 Å². The first-order valence-electron chi connectivity index (χ1n) is 4.97. The lowest BCUT2D eigenvalue weighted by molar-refractivity contribution is -0.125. The van der Waals surface area contributed by atoms with E-state index in [9.17, 15) is 4.79 Å². The summed E-state index contributed by atoms with van der Waals surface area (Å²) >= 11 is 0. The second-order valence-corrected chi connectivity index (χ2v) is 3.86. The molecule has 0 radical (unpaired) electrons. The minimum atomic E-state index is -0.855. The Labute approximate surface area is 91.7 Å². The molecule has 0 atom stereocenters. The highest BCUT2D eigenvalue weighted by Crippen LogP contribution is 2.42. The zero-order valence-electron chi connectivity index (χ0n) is 8.60. The Hall–Kier alpha value is -2.05. The molecule has 1 aromatic heterocycles. The topological polar surface area (TPSA) is 116 Å². The summed E-state index contributed by atoms with van der Waals surface area (Å²) in [6.07, 6.45) is 5.17. The molecule has 1 fully saturated rings. The number of aromatic nitrogens is 2. The smallest absolute Gasteiger partial charge is 0.238 e. The van der Waals surface area contributed by atoms with Gasteiger partial charge in [0.15, 0.2) is 5.84 Å². The van der Waals surface area contributed by atoms with Crippen LogP contribution in [0.3, 0.4) is 0 Å². The van der Waals surface area contributed by atoms with Gasteiger partial charge >= 0.3 is 0 Å². The predicted molar refractivity (Wildman–Crippen MR) is 56.9 cm³/mol. The number of nitrogens with two attached hydrogens (primary N) is 1. The highest BCUT2D eigenvalue weighted by atomic mass is 16.4. The quantitative estimate of drug-likeness (QED) is 0.254. The Morgan fingerprint density at radius 1 is 1.69 bits per heavy atom. The van der Waals surface area contributed by atoms with Gasteiger partial charge in [0, 0.05) is 6.20 Å². The van der Waals surface area contributed by atoms with Gasteiger partial charge in [-0.2, -0.15) is 5.10 Å². The van der Waals surface area contributed by atoms with Crippen LogP contribution in [0.25, 0.3) is 0 Å². The van der Waals surface area contributed by atoms with Crippen LogP contribution >= 0.6 is 0 Å². The number of H-pyrrole nitrogens is 1. The fourth-order valence-corrected chi connectivity index (χ4v) is 1.80. The van der Waals surface area contributed by atoms with Crippen molar-refractivity contribution in [1.29, 1.82) is 0 Å². The van der Waals surface area contributed by atoms with Crippen LogP contribution in [0.4, 0.5) is 5.69 Å². The summed E-state index contributed by atoms with van der Waals surface area (Å²) in [6.45, 7) is 0. The van der Waals surface area contributed by atoms with Gasteiger partial charge in [0.1, 0.15) is 5.41 Å². The molecule has 1 saturated carbocycles. The first-order chi connectivity index (χ1) is 7.69. The molecule has 2 rings (SSSR count). The number of hydrogen-bond acceptors (Lipinski definition) is 4. The van der Waals surface area contributed by atoms with Crippen molar-refractivity contribution in [2.24, 2.45) is 16.3 Å². The number of carbonyl (C=O) groups excluding carboxylic acids is 1. The van der Waals surface area contributed by atoms with E-state index in [1.165, 1.54) is 6.20 Å². The van der Waals surface area contributed by atoms with Crippen LogP contribution in [0.5, 0.6) is 0 Å². The Morgan fingerprint density at radius 2 is 2.44 bits per heavy atom. The average Bonchev–Trinajstić information content (AvgIpc) is 2.68. The molecule has 16 heavy (non-hydrogen) atoms. The maximum Gasteiger partial charge on any atom is 0.238 e. The lowest BCUT2D eigenvalue weighted by atomic mass is 9.67. The number of anilines is 1. The SMILES string of the molecule is NC(=NO)C1(C(=O)Nc2cn[nH]c2)CCC1. The van der Waals surface area contributed by atoms with E-state index in [4.69, 9.17) is 10.9 Å². The minimum absolute atomic E-state index is 0.0280. The second kappa shape index (κ2) is 3.84. The van der Waals surface area contributed by atoms with E-state index >= 15 is 0 Å². The van der Waals surface area contributed by atoms with Crippen LogP contribution in [-0.2, 0) is 4.79 Å². The molecule has 1 aliphatic carbocycles. The Bertz CT molecular complexity index is 408. The summed E-state index contributed by atoms with van der Waals surface area (Å²) in [5.41, 5.74) is 5.28. The lowest BCUT2D eigenvalue weighted by Gasteiger charge is -2.38. The fraction of sp³-hybridized carbons (Fsp3) is 0.444. The molecule has 0 saturated heterocycles. The Kier molecular flexibility index (Phi) is 2.51. The number of amides is 1. The summed E-state index contributed by atoms with van der Waals surface area (Å²) in [7, 11) is 0. The molecule has 0 aliphatic heterocycles. The third kappa shape index (κ3) is 1.50. The van der Waals surface area contributed by atoms with Crippen molar-refractivity contribution < 1.29 is 10.0 Å². The van der Waals surface area contributed by atoms with Crippen LogP contribution in [0.15, 0.2) is 17.5 Å². The molecule has 5 N–H and O–H groups in total. The maximum absolute atomic E-state index is 12.0. The number of carbonyl (C=O) groups is 1. The second-order valence-electron chi connectivity index (χ2n) is 3.86. The third-order valence-corrected chi connectivity index (χ3v) is 3.00. The largest absolute Gasteiger partial charge is 0.409 e. The number of rotatable bonds is 3. The molecule has 1 aliphatic rings. The minimum Gasteiger partial charge on any atom is -0.409 e. The Morgan fingerprint density at radius 3 is 2.88 bits per heavy atom. The fourth-order valence-electron chi connectivity index (χ4n) is 1.80. The molecule has 1 heterocycles. The summed E-state index contributed by atoms with van der Waals surface area (Å²) in [4.78, 5) is 12.0. The maximum atomic E-state index is 12.0. The molecular weight excluding hydrogens is 210 g/mol. The summed E-state index contributed by atoms with van der Waals surface area (Å²) in [5, 5.41) is 20.6. The van der Waals surface area contributed by atoms with E-state index < -0.39 is 5.41 Å². The van der Waals surface area contributed by atoms with Crippen LogP contribution in [0, 0.1) is 5.41 Å². The Balaban J connectivity index is 2.13. The first kappa shape index (κ1) is 10.5. The van der Waals surface area contributed by atoms with E-state index in [1.807, 2.05) is 0 Å². The van der Waals surface area contributed by atoms with Gasteiger partial charge in [0.2, 0.25) is 5.91 Å². The van der Waals surface area contributed by atoms with Gasteiger partial charge in [-0.15, -0.1) is 0 Å². The number of aromatic amines is 1. The van der Waals surface area contributed by atoms with Gasteiger partial charge < -0.3 is 16.3 Å². The van der Waals surface area contributed by atoms with Gasteiger partial charge in [-0.3, -0.25) is 9.89 Å². The molecule has 7 nitrogen and oxygen atoms in total. The van der Waals surface area contributed by atoms with Crippen LogP contribution < -0.4 is 11.1 Å². The molecule has 86 valence electrons. The van der Waals surface area contributed by atoms with E-state index in [-0.39, 0.29) is 11.7 Å². The molecule has 1 aromatic rings. The van der Waals surface area contributed by atoms with Gasteiger partial charge in [0.25, 0.3) is 0 Å². The van der Waals surface area contributed by atoms with E-state index in [2.05, 4.69) is 20.7 Å². The van der Waals surface area contributed by atoms with Gasteiger partial charge in [0.05, 0.1) is 11.9 Å². The molecule has 0 unspecified atom stereocenters. The highest BCUT2D eigenvalue weighted by molar-refractivity contribution is 6.12. The predicted octanol–water partition coefficient (Wildman–Crippen LogP) is 0.265. The van der Waals surface area contributed by atoms with E-state index in [0.29, 0.717) is 18.5 Å². The normalized spacial score (nSPS) is 18.9. The third-order valence-electron chi connectivity index (χ3n) is 3.00. The molecular formula is C9H13N5O2. The number of nitrogens with zero attached hydrogens (tertiary/aromatic N) is 2. The summed E-state index contributed by atoms with van der Waals surface area (Å²) in [6, 6.07) is 0. The van der Waals surface area contributed by atoms with Gasteiger partial charge in [-0.25, -0.2) is 0 Å². The standard InChI is InChI=1S/C9H13N5O2/c10-7(14-16)9(2-1-3-9)8(15)13-6-4-11-12-5-6/h4-5,16H,1-3H2,(H2,10,14)(H,11,12)(H,13,15). The summed E-state index contributed by atoms with van der Waals surface area (Å²) in [5.74, 6) is -0.282. The average molecular weight is 223 g/mol. The van der Waals surface area contributed by atoms with Crippen molar-refractivity contribution in [2.75, 3.05) is 5.32 Å². The molecule has 0 bridgehead atoms. The zero-order valence-corrected chi connectivity index (χ0v) is 8.60. The lowest BCUT2D eigenvalue weighted by Crippen LogP contribution is -2.51. The number of amidine groups is 1. The molecule has 0 aromatic carbocycles. The van der Waals surface area contributed by atoms with Crippen LogP contribution in [0.2, 0.25) is 0 Å². The highest BCUT2D eigenvalue weighted by Gasteiger charge is 2.48. The van der Waals surface area contributed by atoms with E-state index in [0.717, 1.165) is 6.42 Å². The monoisotopic (exact) mass is 223 g/mol. The van der Waals surface area contributed by atoms with Crippen molar-refractivity contribution in [2.45, 2.75) is 19.3 Å². The van der Waals surface area contributed by atoms with Crippen LogP contribution in [0.1, 0.15) is 19.3 Å². The van der Waals surface area contributed by atoms with Crippen LogP contribution in [-0.4, -0.2) is 27.1 Å². The van der Waals surface area contributed by atoms with Gasteiger partial charge in [-0.05, 0) is 12.8 Å².